The van der Waals surface area contributed by atoms with E-state index >= 15 is 0 Å². The number of imidazole rings is 1. The van der Waals surface area contributed by atoms with Gasteiger partial charge < -0.3 is 9.30 Å². The summed E-state index contributed by atoms with van der Waals surface area (Å²) in [6, 6.07) is 3.09. The second kappa shape index (κ2) is 4.89. The van der Waals surface area contributed by atoms with Crippen molar-refractivity contribution in [2.45, 2.75) is 6.92 Å². The van der Waals surface area contributed by atoms with Gasteiger partial charge in [0, 0.05) is 19.4 Å². The first-order valence-corrected chi connectivity index (χ1v) is 6.75. The number of rotatable bonds is 2. The molecule has 6 nitrogen and oxygen atoms in total. The topological polar surface area (TPSA) is 65.6 Å². The van der Waals surface area contributed by atoms with Crippen molar-refractivity contribution < 1.29 is 9.53 Å². The highest BCUT2D eigenvalue weighted by Gasteiger charge is 2.22. The third kappa shape index (κ3) is 1.99. The van der Waals surface area contributed by atoms with E-state index in [9.17, 15) is 9.59 Å². The molecule has 0 saturated heterocycles. The number of aryl methyl sites for hydroxylation is 1. The van der Waals surface area contributed by atoms with Gasteiger partial charge in [-0.15, -0.1) is 0 Å². The molecule has 0 spiro atoms. The monoisotopic (exact) mass is 305 g/mol. The van der Waals surface area contributed by atoms with Crippen LogP contribution in [0.4, 0.5) is 0 Å². The lowest BCUT2D eigenvalue weighted by atomic mass is 10.2. The van der Waals surface area contributed by atoms with Gasteiger partial charge in [0.2, 0.25) is 5.43 Å². The van der Waals surface area contributed by atoms with Crippen molar-refractivity contribution in [2.75, 3.05) is 6.61 Å². The number of nitrogens with zero attached hydrogens (tertiary/aromatic N) is 3. The van der Waals surface area contributed by atoms with Crippen LogP contribution < -0.4 is 5.43 Å². The van der Waals surface area contributed by atoms with E-state index in [-0.39, 0.29) is 17.3 Å². The molecule has 0 aliphatic heterocycles. The van der Waals surface area contributed by atoms with Crippen molar-refractivity contribution in [3.8, 4) is 0 Å². The van der Waals surface area contributed by atoms with Crippen LogP contribution in [0.1, 0.15) is 17.3 Å². The van der Waals surface area contributed by atoms with Crippen molar-refractivity contribution in [2.24, 2.45) is 7.05 Å². The quantitative estimate of drug-likeness (QED) is 0.536. The van der Waals surface area contributed by atoms with Crippen LogP contribution >= 0.6 is 11.6 Å². The average molecular weight is 306 g/mol. The summed E-state index contributed by atoms with van der Waals surface area (Å²) < 4.78 is 8.34. The number of aromatic nitrogens is 3. The molecule has 21 heavy (non-hydrogen) atoms. The number of halogens is 1. The van der Waals surface area contributed by atoms with Gasteiger partial charge in [0.15, 0.2) is 5.65 Å². The molecule has 3 aromatic heterocycles. The molecule has 108 valence electrons. The van der Waals surface area contributed by atoms with Crippen molar-refractivity contribution in [3.05, 3.63) is 45.5 Å². The molecule has 0 N–H and O–H groups in total. The van der Waals surface area contributed by atoms with Crippen molar-refractivity contribution in [1.29, 1.82) is 0 Å². The molecule has 0 atom stereocenters. The van der Waals surface area contributed by atoms with Gasteiger partial charge in [-0.05, 0) is 19.1 Å². The van der Waals surface area contributed by atoms with Gasteiger partial charge in [-0.25, -0.2) is 9.78 Å². The lowest BCUT2D eigenvalue weighted by Gasteiger charge is -2.08. The molecule has 3 aromatic rings. The van der Waals surface area contributed by atoms with Crippen LogP contribution in [0.2, 0.25) is 5.15 Å². The standard InChI is InChI=1S/C14H12ClN3O3/c1-3-21-14(20)10-11(19)8-4-5-9(15)16-12(8)18-7-6-17(2)13(10)18/h4-7H,3H2,1-2H3. The summed E-state index contributed by atoms with van der Waals surface area (Å²) in [5.74, 6) is -0.640. The van der Waals surface area contributed by atoms with Crippen molar-refractivity contribution in [3.63, 3.8) is 0 Å². The largest absolute Gasteiger partial charge is 0.462 e. The Morgan fingerprint density at radius 3 is 2.86 bits per heavy atom. The molecule has 3 heterocycles. The highest BCUT2D eigenvalue weighted by Crippen LogP contribution is 2.18. The number of carbonyl (C=O) groups is 1. The fourth-order valence-corrected chi connectivity index (χ4v) is 2.50. The predicted octanol–water partition coefficient (Wildman–Crippen LogP) is 2.02. The SMILES string of the molecule is CCOC(=O)c1c(=O)c2ccc(Cl)nc2n2ccn(C)c12. The summed E-state index contributed by atoms with van der Waals surface area (Å²) in [4.78, 5) is 28.9. The number of esters is 1. The van der Waals surface area contributed by atoms with E-state index in [2.05, 4.69) is 4.98 Å². The van der Waals surface area contributed by atoms with Gasteiger partial charge in [-0.3, -0.25) is 9.20 Å². The number of hydrogen-bond donors (Lipinski definition) is 0. The Morgan fingerprint density at radius 1 is 1.38 bits per heavy atom. The Balaban J connectivity index is 2.53. The zero-order valence-corrected chi connectivity index (χ0v) is 12.2. The van der Waals surface area contributed by atoms with Crippen LogP contribution in [-0.2, 0) is 11.8 Å². The summed E-state index contributed by atoms with van der Waals surface area (Å²) in [6.45, 7) is 1.89. The lowest BCUT2D eigenvalue weighted by molar-refractivity contribution is 0.0526. The van der Waals surface area contributed by atoms with Crippen LogP contribution in [0.25, 0.3) is 16.7 Å². The Labute approximate surface area is 124 Å². The minimum absolute atomic E-state index is 0.000900. The molecule has 0 fully saturated rings. The van der Waals surface area contributed by atoms with Crippen LogP contribution in [0.3, 0.4) is 0 Å². The van der Waals surface area contributed by atoms with Crippen molar-refractivity contribution in [1.82, 2.24) is 14.0 Å². The summed E-state index contributed by atoms with van der Waals surface area (Å²) >= 11 is 5.91. The Kier molecular flexibility index (Phi) is 3.17. The normalized spacial score (nSPS) is 11.2. The average Bonchev–Trinajstić information content (AvgIpc) is 2.81. The maximum Gasteiger partial charge on any atom is 0.345 e. The molecule has 0 saturated carbocycles. The minimum Gasteiger partial charge on any atom is -0.462 e. The van der Waals surface area contributed by atoms with Gasteiger partial charge in [-0.2, -0.15) is 0 Å². The third-order valence-electron chi connectivity index (χ3n) is 3.25. The molecular weight excluding hydrogens is 294 g/mol. The minimum atomic E-state index is -0.640. The Morgan fingerprint density at radius 2 is 2.14 bits per heavy atom. The molecular formula is C14H12ClN3O3. The number of ether oxygens (including phenoxy) is 1. The third-order valence-corrected chi connectivity index (χ3v) is 3.46. The smallest absolute Gasteiger partial charge is 0.345 e. The molecule has 0 amide bonds. The highest BCUT2D eigenvalue weighted by atomic mass is 35.5. The van der Waals surface area contributed by atoms with Crippen molar-refractivity contribution >= 4 is 34.3 Å². The van der Waals surface area contributed by atoms with Gasteiger partial charge >= 0.3 is 5.97 Å². The molecule has 0 aliphatic carbocycles. The first-order valence-electron chi connectivity index (χ1n) is 6.37. The van der Waals surface area contributed by atoms with Gasteiger partial charge in [-0.1, -0.05) is 11.6 Å². The van der Waals surface area contributed by atoms with E-state index in [0.717, 1.165) is 0 Å². The van der Waals surface area contributed by atoms with E-state index in [1.807, 2.05) is 0 Å². The summed E-state index contributed by atoms with van der Waals surface area (Å²) in [7, 11) is 1.74. The predicted molar refractivity (Wildman–Crippen MR) is 78.9 cm³/mol. The van der Waals surface area contributed by atoms with Crippen LogP contribution in [-0.4, -0.2) is 26.5 Å². The molecule has 0 bridgehead atoms. The number of pyridine rings is 2. The zero-order valence-electron chi connectivity index (χ0n) is 11.5. The lowest BCUT2D eigenvalue weighted by Crippen LogP contribution is -2.21. The number of carbonyl (C=O) groups excluding carboxylic acids is 1. The summed E-state index contributed by atoms with van der Waals surface area (Å²) in [5.41, 5.74) is 0.437. The maximum atomic E-state index is 12.6. The van der Waals surface area contributed by atoms with E-state index in [4.69, 9.17) is 16.3 Å². The van der Waals surface area contributed by atoms with E-state index in [1.165, 1.54) is 6.07 Å². The molecule has 0 aromatic carbocycles. The van der Waals surface area contributed by atoms with Gasteiger partial charge in [0.25, 0.3) is 0 Å². The van der Waals surface area contributed by atoms with E-state index in [1.54, 1.807) is 41.4 Å². The first kappa shape index (κ1) is 13.6. The Hall–Kier alpha value is -2.34. The van der Waals surface area contributed by atoms with Gasteiger partial charge in [0.05, 0.1) is 12.0 Å². The summed E-state index contributed by atoms with van der Waals surface area (Å²) in [5, 5.41) is 0.606. The fraction of sp³-hybridized carbons (Fsp3) is 0.214. The number of fused-ring (bicyclic) bond motifs is 3. The molecule has 7 heteroatoms. The molecule has 0 aliphatic rings. The van der Waals surface area contributed by atoms with Crippen LogP contribution in [0.15, 0.2) is 29.3 Å². The van der Waals surface area contributed by atoms with E-state index in [0.29, 0.717) is 16.7 Å². The first-order chi connectivity index (χ1) is 10.0. The molecule has 0 unspecified atom stereocenters. The second-order valence-corrected chi connectivity index (χ2v) is 4.92. The molecule has 3 rings (SSSR count). The maximum absolute atomic E-state index is 12.6. The summed E-state index contributed by atoms with van der Waals surface area (Å²) in [6.07, 6.45) is 3.46. The number of hydrogen-bond acceptors (Lipinski definition) is 4. The van der Waals surface area contributed by atoms with Crippen LogP contribution in [0.5, 0.6) is 0 Å². The second-order valence-electron chi connectivity index (χ2n) is 4.53. The zero-order chi connectivity index (χ0) is 15.1. The fourth-order valence-electron chi connectivity index (χ4n) is 2.36. The Bertz CT molecular complexity index is 926. The molecule has 0 radical (unpaired) electrons. The van der Waals surface area contributed by atoms with E-state index < -0.39 is 11.4 Å². The highest BCUT2D eigenvalue weighted by molar-refractivity contribution is 6.29. The van der Waals surface area contributed by atoms with Crippen LogP contribution in [0, 0.1) is 0 Å². The van der Waals surface area contributed by atoms with Gasteiger partial charge in [0.1, 0.15) is 16.4 Å².